The van der Waals surface area contributed by atoms with Crippen molar-refractivity contribution in [3.63, 3.8) is 0 Å². The van der Waals surface area contributed by atoms with Gasteiger partial charge < -0.3 is 10.6 Å². The third kappa shape index (κ3) is 3.53. The molecule has 0 aromatic heterocycles. The van der Waals surface area contributed by atoms with Crippen molar-refractivity contribution in [1.82, 2.24) is 10.6 Å². The van der Waals surface area contributed by atoms with Gasteiger partial charge in [0.05, 0.1) is 12.0 Å². The topological polar surface area (TPSA) is 41.1 Å². The lowest BCUT2D eigenvalue weighted by molar-refractivity contribution is -0.126. The van der Waals surface area contributed by atoms with Crippen molar-refractivity contribution in [1.29, 1.82) is 0 Å². The van der Waals surface area contributed by atoms with E-state index in [0.29, 0.717) is 5.92 Å². The maximum absolute atomic E-state index is 12.4. The van der Waals surface area contributed by atoms with Crippen molar-refractivity contribution in [2.24, 2.45) is 11.8 Å². The van der Waals surface area contributed by atoms with Gasteiger partial charge in [-0.2, -0.15) is 0 Å². The highest BCUT2D eigenvalue weighted by Crippen LogP contribution is 2.25. The highest BCUT2D eigenvalue weighted by Gasteiger charge is 2.31. The average molecular weight is 295 g/mol. The maximum atomic E-state index is 12.4. The van der Waals surface area contributed by atoms with E-state index in [-0.39, 0.29) is 23.9 Å². The average Bonchev–Trinajstić information content (AvgIpc) is 2.83. The Labute approximate surface area is 126 Å². The van der Waals surface area contributed by atoms with Crippen LogP contribution in [0, 0.1) is 11.8 Å². The Balaban J connectivity index is 2.09. The fourth-order valence-electron chi connectivity index (χ4n) is 2.78. The number of nitrogens with one attached hydrogen (secondary N) is 2. The predicted molar refractivity (Wildman–Crippen MR) is 82.7 cm³/mol. The van der Waals surface area contributed by atoms with Gasteiger partial charge in [-0.1, -0.05) is 37.6 Å². The molecule has 0 saturated carbocycles. The quantitative estimate of drug-likeness (QED) is 0.896. The van der Waals surface area contributed by atoms with E-state index in [2.05, 4.69) is 31.4 Å². The number of carbonyl (C=O) groups excluding carboxylic acids is 1. The van der Waals surface area contributed by atoms with Gasteiger partial charge in [-0.15, -0.1) is 0 Å². The predicted octanol–water partition coefficient (Wildman–Crippen LogP) is 3.15. The third-order valence-electron chi connectivity index (χ3n) is 4.06. The molecule has 3 nitrogen and oxygen atoms in total. The Morgan fingerprint density at radius 2 is 2.00 bits per heavy atom. The lowest BCUT2D eigenvalue weighted by atomic mass is 9.94. The molecule has 110 valence electrons. The van der Waals surface area contributed by atoms with Crippen LogP contribution in [0.3, 0.4) is 0 Å². The fourth-order valence-corrected chi connectivity index (χ4v) is 2.91. The van der Waals surface area contributed by atoms with E-state index in [0.717, 1.165) is 23.6 Å². The van der Waals surface area contributed by atoms with Gasteiger partial charge in [-0.05, 0) is 43.5 Å². The summed E-state index contributed by atoms with van der Waals surface area (Å²) in [4.78, 5) is 12.4. The van der Waals surface area contributed by atoms with Crippen LogP contribution in [0.2, 0.25) is 5.02 Å². The lowest BCUT2D eigenvalue weighted by Gasteiger charge is -2.25. The normalized spacial score (nSPS) is 23.9. The number of halogens is 1. The van der Waals surface area contributed by atoms with Crippen LogP contribution in [0.4, 0.5) is 0 Å². The summed E-state index contributed by atoms with van der Waals surface area (Å²) in [7, 11) is 0. The van der Waals surface area contributed by atoms with Crippen molar-refractivity contribution in [2.45, 2.75) is 39.3 Å². The third-order valence-corrected chi connectivity index (χ3v) is 4.31. The molecule has 0 radical (unpaired) electrons. The monoisotopic (exact) mass is 294 g/mol. The summed E-state index contributed by atoms with van der Waals surface area (Å²) >= 11 is 5.93. The zero-order valence-corrected chi connectivity index (χ0v) is 13.1. The lowest BCUT2D eigenvalue weighted by Crippen LogP contribution is -2.40. The molecular formula is C16H23ClN2O. The van der Waals surface area contributed by atoms with Gasteiger partial charge in [-0.3, -0.25) is 4.79 Å². The number of hydrogen-bond acceptors (Lipinski definition) is 2. The Bertz CT molecular complexity index is 458. The van der Waals surface area contributed by atoms with Crippen molar-refractivity contribution in [2.75, 3.05) is 6.54 Å². The highest BCUT2D eigenvalue weighted by atomic mass is 35.5. The van der Waals surface area contributed by atoms with Gasteiger partial charge in [-0.25, -0.2) is 0 Å². The zero-order valence-electron chi connectivity index (χ0n) is 12.3. The molecule has 3 atom stereocenters. The van der Waals surface area contributed by atoms with E-state index in [1.54, 1.807) is 0 Å². The summed E-state index contributed by atoms with van der Waals surface area (Å²) in [5.74, 6) is 0.560. The van der Waals surface area contributed by atoms with Gasteiger partial charge in [0, 0.05) is 11.1 Å². The molecule has 1 amide bonds. The van der Waals surface area contributed by atoms with Crippen LogP contribution >= 0.6 is 11.6 Å². The molecule has 1 fully saturated rings. The standard InChI is InChI=1S/C16H23ClN2O/c1-10(2)15(12-4-6-13(17)7-5-12)19-16(20)14-8-9-18-11(14)3/h4-7,10-11,14-15,18H,8-9H2,1-3H3,(H,19,20). The Morgan fingerprint density at radius 3 is 2.50 bits per heavy atom. The molecule has 1 saturated heterocycles. The van der Waals surface area contributed by atoms with Crippen molar-refractivity contribution in [3.8, 4) is 0 Å². The molecule has 1 aliphatic rings. The Morgan fingerprint density at radius 1 is 1.35 bits per heavy atom. The van der Waals surface area contributed by atoms with E-state index >= 15 is 0 Å². The number of rotatable bonds is 4. The smallest absolute Gasteiger partial charge is 0.225 e. The molecule has 20 heavy (non-hydrogen) atoms. The van der Waals surface area contributed by atoms with Crippen LogP contribution in [0.15, 0.2) is 24.3 Å². The molecule has 0 aliphatic carbocycles. The highest BCUT2D eigenvalue weighted by molar-refractivity contribution is 6.30. The Kier molecular flexibility index (Phi) is 5.06. The number of amides is 1. The second kappa shape index (κ2) is 6.59. The Hall–Kier alpha value is -1.06. The molecule has 0 bridgehead atoms. The molecule has 4 heteroatoms. The minimum atomic E-state index is 0.0348. The van der Waals surface area contributed by atoms with Gasteiger partial charge in [0.1, 0.15) is 0 Å². The molecule has 1 aromatic rings. The first-order chi connectivity index (χ1) is 9.49. The van der Waals surface area contributed by atoms with Crippen molar-refractivity contribution in [3.05, 3.63) is 34.9 Å². The first-order valence-corrected chi connectivity index (χ1v) is 7.66. The van der Waals surface area contributed by atoms with Crippen LogP contribution in [0.25, 0.3) is 0 Å². The van der Waals surface area contributed by atoms with Crippen LogP contribution in [0.5, 0.6) is 0 Å². The first-order valence-electron chi connectivity index (χ1n) is 7.28. The summed E-state index contributed by atoms with van der Waals surface area (Å²) in [5.41, 5.74) is 1.11. The fraction of sp³-hybridized carbons (Fsp3) is 0.562. The number of hydrogen-bond donors (Lipinski definition) is 2. The zero-order chi connectivity index (χ0) is 14.7. The van der Waals surface area contributed by atoms with E-state index in [4.69, 9.17) is 11.6 Å². The van der Waals surface area contributed by atoms with Gasteiger partial charge in [0.2, 0.25) is 5.91 Å². The molecule has 2 rings (SSSR count). The molecule has 2 N–H and O–H groups in total. The van der Waals surface area contributed by atoms with Crippen LogP contribution in [-0.4, -0.2) is 18.5 Å². The molecular weight excluding hydrogens is 272 g/mol. The number of carbonyl (C=O) groups is 1. The summed E-state index contributed by atoms with van der Waals surface area (Å²) < 4.78 is 0. The minimum Gasteiger partial charge on any atom is -0.349 e. The summed E-state index contributed by atoms with van der Waals surface area (Å²) in [6, 6.07) is 8.02. The van der Waals surface area contributed by atoms with Crippen molar-refractivity contribution >= 4 is 17.5 Å². The number of benzene rings is 1. The molecule has 3 unspecified atom stereocenters. The van der Waals surface area contributed by atoms with Crippen molar-refractivity contribution < 1.29 is 4.79 Å². The molecule has 1 aliphatic heterocycles. The van der Waals surface area contributed by atoms with E-state index < -0.39 is 0 Å². The van der Waals surface area contributed by atoms with Crippen LogP contribution < -0.4 is 10.6 Å². The van der Waals surface area contributed by atoms with E-state index in [9.17, 15) is 4.79 Å². The molecule has 0 spiro atoms. The van der Waals surface area contributed by atoms with E-state index in [1.807, 2.05) is 24.3 Å². The molecule has 1 heterocycles. The van der Waals surface area contributed by atoms with Gasteiger partial charge in [0.15, 0.2) is 0 Å². The molecule has 1 aromatic carbocycles. The second-order valence-electron chi connectivity index (χ2n) is 5.92. The van der Waals surface area contributed by atoms with Crippen LogP contribution in [-0.2, 0) is 4.79 Å². The first kappa shape index (κ1) is 15.3. The largest absolute Gasteiger partial charge is 0.349 e. The van der Waals surface area contributed by atoms with Crippen LogP contribution in [0.1, 0.15) is 38.8 Å². The SMILES string of the molecule is CC(C)C(NC(=O)C1CCNC1C)c1ccc(Cl)cc1. The maximum Gasteiger partial charge on any atom is 0.225 e. The second-order valence-corrected chi connectivity index (χ2v) is 6.36. The van der Waals surface area contributed by atoms with Gasteiger partial charge >= 0.3 is 0 Å². The van der Waals surface area contributed by atoms with E-state index in [1.165, 1.54) is 0 Å². The summed E-state index contributed by atoms with van der Waals surface area (Å²) in [6.45, 7) is 7.24. The summed E-state index contributed by atoms with van der Waals surface area (Å²) in [6.07, 6.45) is 0.915. The minimum absolute atomic E-state index is 0.0348. The van der Waals surface area contributed by atoms with Gasteiger partial charge in [0.25, 0.3) is 0 Å². The summed E-state index contributed by atoms with van der Waals surface area (Å²) in [5, 5.41) is 7.24.